The molecule has 59 heavy (non-hydrogen) atoms. The molecule has 8 rings (SSSR count). The first-order valence-electron chi connectivity index (χ1n) is 22.2. The van der Waals surface area contributed by atoms with Crippen molar-refractivity contribution in [3.63, 3.8) is 0 Å². The fourth-order valence-corrected chi connectivity index (χ4v) is 9.30. The Bertz CT molecular complexity index is 2780. The summed E-state index contributed by atoms with van der Waals surface area (Å²) in [5.41, 5.74) is 10.4. The van der Waals surface area contributed by atoms with Crippen LogP contribution in [-0.2, 0) is 13.1 Å². The molecule has 2 atom stereocenters. The molecule has 0 amide bonds. The molecule has 6 aromatic carbocycles. The SMILES string of the molecule is CCCCC(CC)Cn1c2ccccc2c2cc(-c3ccc4c(c3)c3cc(C(=O)c5ccccc5C(=O)c5ccc(C)cc5)ccc3n4CC(CC)CCCC)ccc21. The summed E-state index contributed by atoms with van der Waals surface area (Å²) >= 11 is 0. The van der Waals surface area contributed by atoms with Crippen molar-refractivity contribution in [3.8, 4) is 11.1 Å². The van der Waals surface area contributed by atoms with E-state index in [1.807, 2.05) is 49.4 Å². The van der Waals surface area contributed by atoms with Gasteiger partial charge < -0.3 is 9.13 Å². The summed E-state index contributed by atoms with van der Waals surface area (Å²) in [6, 6.07) is 43.8. The molecule has 300 valence electrons. The van der Waals surface area contributed by atoms with Crippen LogP contribution in [0.1, 0.15) is 116 Å². The van der Waals surface area contributed by atoms with E-state index in [4.69, 9.17) is 0 Å². The highest BCUT2D eigenvalue weighted by molar-refractivity contribution is 6.21. The Labute approximate surface area is 349 Å². The zero-order valence-electron chi connectivity index (χ0n) is 35.6. The Kier molecular flexibility index (Phi) is 12.0. The van der Waals surface area contributed by atoms with Gasteiger partial charge in [0, 0.05) is 79.0 Å². The third-order valence-corrected chi connectivity index (χ3v) is 12.9. The standard InChI is InChI=1S/C55H58N2O2/c1-6-10-16-38(8-3)35-56-50-21-15-14-18-44(50)47-32-41(26-29-51(47)56)42-27-30-52-48(33-42)49-34-43(28-31-53(49)57(52)36-39(9-4)17-11-7-2)55(59)46-20-13-12-19-45(46)54(58)40-24-22-37(5)23-25-40/h12-15,18-34,38-39H,6-11,16-17,35-36H2,1-5H3. The molecule has 2 unspecified atom stereocenters. The maximum absolute atomic E-state index is 14.5. The molecule has 0 saturated carbocycles. The summed E-state index contributed by atoms with van der Waals surface area (Å²) in [6.07, 6.45) is 9.66. The lowest BCUT2D eigenvalue weighted by Gasteiger charge is -2.18. The number of nitrogens with zero attached hydrogens (tertiary/aromatic N) is 2. The van der Waals surface area contributed by atoms with E-state index in [2.05, 4.69) is 110 Å². The number of unbranched alkanes of at least 4 members (excludes halogenated alkanes) is 2. The van der Waals surface area contributed by atoms with Crippen LogP contribution in [0.5, 0.6) is 0 Å². The molecule has 0 spiro atoms. The Morgan fingerprint density at radius 2 is 0.915 bits per heavy atom. The summed E-state index contributed by atoms with van der Waals surface area (Å²) in [7, 11) is 0. The summed E-state index contributed by atoms with van der Waals surface area (Å²) < 4.78 is 5.05. The molecule has 2 heterocycles. The van der Waals surface area contributed by atoms with Gasteiger partial charge in [0.2, 0.25) is 0 Å². The van der Waals surface area contributed by atoms with E-state index in [9.17, 15) is 9.59 Å². The van der Waals surface area contributed by atoms with Crippen molar-refractivity contribution in [1.82, 2.24) is 9.13 Å². The highest BCUT2D eigenvalue weighted by Crippen LogP contribution is 2.38. The van der Waals surface area contributed by atoms with E-state index in [-0.39, 0.29) is 11.6 Å². The number of rotatable bonds is 17. The van der Waals surface area contributed by atoms with E-state index >= 15 is 0 Å². The predicted octanol–water partition coefficient (Wildman–Crippen LogP) is 14.8. The normalized spacial score (nSPS) is 12.8. The van der Waals surface area contributed by atoms with Gasteiger partial charge in [0.1, 0.15) is 0 Å². The Balaban J connectivity index is 1.24. The Morgan fingerprint density at radius 1 is 0.475 bits per heavy atom. The van der Waals surface area contributed by atoms with Crippen molar-refractivity contribution in [2.24, 2.45) is 11.8 Å². The summed E-state index contributed by atoms with van der Waals surface area (Å²) in [4.78, 5) is 28.3. The first kappa shape index (κ1) is 40.1. The molecule has 4 heteroatoms. The number of hydrogen-bond donors (Lipinski definition) is 0. The van der Waals surface area contributed by atoms with Gasteiger partial charge in [0.25, 0.3) is 0 Å². The van der Waals surface area contributed by atoms with Crippen molar-refractivity contribution in [1.29, 1.82) is 0 Å². The van der Waals surface area contributed by atoms with Crippen molar-refractivity contribution in [2.45, 2.75) is 99.1 Å². The van der Waals surface area contributed by atoms with Crippen LogP contribution in [0.3, 0.4) is 0 Å². The molecule has 0 fully saturated rings. The van der Waals surface area contributed by atoms with Gasteiger partial charge in [-0.3, -0.25) is 9.59 Å². The van der Waals surface area contributed by atoms with Gasteiger partial charge in [-0.2, -0.15) is 0 Å². The number of carbonyl (C=O) groups is 2. The number of aryl methyl sites for hydroxylation is 1. The molecule has 0 aliphatic heterocycles. The van der Waals surface area contributed by atoms with Gasteiger partial charge in [-0.25, -0.2) is 0 Å². The van der Waals surface area contributed by atoms with Crippen molar-refractivity contribution in [3.05, 3.63) is 155 Å². The van der Waals surface area contributed by atoms with Gasteiger partial charge in [-0.15, -0.1) is 0 Å². The number of hydrogen-bond acceptors (Lipinski definition) is 2. The van der Waals surface area contributed by atoms with Crippen LogP contribution in [0.15, 0.2) is 127 Å². The molecule has 0 radical (unpaired) electrons. The number of aromatic nitrogens is 2. The monoisotopic (exact) mass is 778 g/mol. The number of carbonyl (C=O) groups excluding carboxylic acids is 2. The molecule has 2 aromatic heterocycles. The second-order valence-electron chi connectivity index (χ2n) is 16.8. The molecule has 0 N–H and O–H groups in total. The lowest BCUT2D eigenvalue weighted by molar-refractivity contribution is 0.100. The molecule has 0 saturated heterocycles. The van der Waals surface area contributed by atoms with Crippen LogP contribution in [0, 0.1) is 18.8 Å². The summed E-state index contributed by atoms with van der Waals surface area (Å²) in [5.74, 6) is 0.928. The Hall–Kier alpha value is -5.74. The van der Waals surface area contributed by atoms with Crippen LogP contribution >= 0.6 is 0 Å². The fraction of sp³-hybridized carbons (Fsp3) is 0.309. The summed E-state index contributed by atoms with van der Waals surface area (Å²) in [5, 5.41) is 4.80. The topological polar surface area (TPSA) is 44.0 Å². The van der Waals surface area contributed by atoms with E-state index in [0.717, 1.165) is 46.9 Å². The third-order valence-electron chi connectivity index (χ3n) is 12.9. The van der Waals surface area contributed by atoms with E-state index in [1.165, 1.54) is 77.8 Å². The van der Waals surface area contributed by atoms with Gasteiger partial charge in [0.15, 0.2) is 11.6 Å². The zero-order chi connectivity index (χ0) is 41.0. The molecule has 0 aliphatic carbocycles. The number of para-hydroxylation sites is 1. The summed E-state index contributed by atoms with van der Waals surface area (Å²) in [6.45, 7) is 13.2. The number of benzene rings is 6. The molecule has 4 nitrogen and oxygen atoms in total. The first-order chi connectivity index (χ1) is 28.8. The van der Waals surface area contributed by atoms with Crippen LogP contribution < -0.4 is 0 Å². The van der Waals surface area contributed by atoms with Crippen LogP contribution in [0.2, 0.25) is 0 Å². The molecular formula is C55H58N2O2. The van der Waals surface area contributed by atoms with Gasteiger partial charge in [-0.1, -0.05) is 151 Å². The number of ketones is 2. The van der Waals surface area contributed by atoms with Crippen LogP contribution in [0.4, 0.5) is 0 Å². The van der Waals surface area contributed by atoms with E-state index in [0.29, 0.717) is 34.1 Å². The number of fused-ring (bicyclic) bond motifs is 6. The average molecular weight is 779 g/mol. The van der Waals surface area contributed by atoms with Gasteiger partial charge >= 0.3 is 0 Å². The minimum absolute atomic E-state index is 0.142. The smallest absolute Gasteiger partial charge is 0.193 e. The zero-order valence-corrected chi connectivity index (χ0v) is 35.6. The minimum atomic E-state index is -0.143. The van der Waals surface area contributed by atoms with E-state index < -0.39 is 0 Å². The lowest BCUT2D eigenvalue weighted by Crippen LogP contribution is -2.11. The van der Waals surface area contributed by atoms with Gasteiger partial charge in [0.05, 0.1) is 0 Å². The van der Waals surface area contributed by atoms with Crippen molar-refractivity contribution in [2.75, 3.05) is 0 Å². The van der Waals surface area contributed by atoms with Gasteiger partial charge in [-0.05, 0) is 91.3 Å². The predicted molar refractivity (Wildman–Crippen MR) is 249 cm³/mol. The fourth-order valence-electron chi connectivity index (χ4n) is 9.30. The molecule has 8 aromatic rings. The Morgan fingerprint density at radius 3 is 1.46 bits per heavy atom. The largest absolute Gasteiger partial charge is 0.340 e. The first-order valence-corrected chi connectivity index (χ1v) is 22.2. The van der Waals surface area contributed by atoms with E-state index in [1.54, 1.807) is 12.1 Å². The second kappa shape index (κ2) is 17.6. The van der Waals surface area contributed by atoms with Crippen LogP contribution in [-0.4, -0.2) is 20.7 Å². The molecule has 0 aliphatic rings. The third kappa shape index (κ3) is 7.90. The average Bonchev–Trinajstić information content (AvgIpc) is 3.76. The van der Waals surface area contributed by atoms with Crippen molar-refractivity contribution >= 4 is 55.2 Å². The van der Waals surface area contributed by atoms with Crippen molar-refractivity contribution < 1.29 is 9.59 Å². The maximum Gasteiger partial charge on any atom is 0.193 e. The minimum Gasteiger partial charge on any atom is -0.340 e. The quantitative estimate of drug-likeness (QED) is 0.0864. The second-order valence-corrected chi connectivity index (χ2v) is 16.8. The highest BCUT2D eigenvalue weighted by Gasteiger charge is 2.22. The highest BCUT2D eigenvalue weighted by atomic mass is 16.1. The maximum atomic E-state index is 14.5. The van der Waals surface area contributed by atoms with Crippen LogP contribution in [0.25, 0.3) is 54.7 Å². The lowest BCUT2D eigenvalue weighted by atomic mass is 9.92. The molecule has 0 bridgehead atoms. The molecular weight excluding hydrogens is 721 g/mol.